The normalized spacial score (nSPS) is 32.0. The third-order valence-corrected chi connectivity index (χ3v) is 3.92. The smallest absolute Gasteiger partial charge is 0.0167 e. The maximum atomic E-state index is 3.52. The largest absolute Gasteiger partial charge is 0.312 e. The average molecular weight is 211 g/mol. The molecular weight excluding hydrogens is 186 g/mol. The van der Waals surface area contributed by atoms with E-state index in [1.807, 2.05) is 0 Å². The lowest BCUT2D eigenvalue weighted by molar-refractivity contribution is 0.0880. The van der Waals surface area contributed by atoms with Crippen LogP contribution in [0.4, 0.5) is 0 Å². The fourth-order valence-corrected chi connectivity index (χ4v) is 2.89. The second kappa shape index (κ2) is 5.28. The van der Waals surface area contributed by atoms with Crippen LogP contribution >= 0.6 is 0 Å². The molecule has 2 heterocycles. The molecule has 2 aliphatic rings. The number of piperazine rings is 1. The van der Waals surface area contributed by atoms with Crippen molar-refractivity contribution in [3.8, 4) is 0 Å². The average Bonchev–Trinajstić information content (AvgIpc) is 2.29. The Labute approximate surface area is 93.8 Å². The zero-order valence-electron chi connectivity index (χ0n) is 10.2. The van der Waals surface area contributed by atoms with E-state index in [-0.39, 0.29) is 0 Å². The molecule has 0 spiro atoms. The lowest BCUT2D eigenvalue weighted by Crippen LogP contribution is -2.55. The second-order valence-corrected chi connectivity index (χ2v) is 5.02. The summed E-state index contributed by atoms with van der Waals surface area (Å²) >= 11 is 0. The van der Waals surface area contributed by atoms with Crippen LogP contribution in [0, 0.1) is 0 Å². The molecule has 0 saturated carbocycles. The minimum absolute atomic E-state index is 0.683. The molecule has 0 amide bonds. The van der Waals surface area contributed by atoms with E-state index in [9.17, 15) is 0 Å². The molecule has 2 rings (SSSR count). The van der Waals surface area contributed by atoms with E-state index in [4.69, 9.17) is 0 Å². The van der Waals surface area contributed by atoms with E-state index < -0.39 is 0 Å². The quantitative estimate of drug-likeness (QED) is 0.728. The number of piperidine rings is 1. The number of hydrogen-bond acceptors (Lipinski definition) is 3. The number of rotatable bonds is 2. The molecule has 1 atom stereocenters. The van der Waals surface area contributed by atoms with Crippen LogP contribution in [-0.2, 0) is 0 Å². The minimum Gasteiger partial charge on any atom is -0.312 e. The number of likely N-dealkylation sites (tertiary alicyclic amines) is 1. The standard InChI is InChI=1S/C12H25N3/c1-3-14-7-4-12(5-8-14)15-9-6-13-11(2)10-15/h11-13H,3-10H2,1-2H3. The van der Waals surface area contributed by atoms with Crippen LogP contribution in [-0.4, -0.2) is 61.2 Å². The Hall–Kier alpha value is -0.120. The Balaban J connectivity index is 1.79. The van der Waals surface area contributed by atoms with Crippen LogP contribution < -0.4 is 5.32 Å². The molecule has 0 aromatic rings. The molecule has 2 aliphatic heterocycles. The van der Waals surface area contributed by atoms with E-state index in [0.29, 0.717) is 6.04 Å². The van der Waals surface area contributed by atoms with Gasteiger partial charge in [-0.15, -0.1) is 0 Å². The molecule has 0 aromatic carbocycles. The minimum atomic E-state index is 0.683. The molecule has 3 heteroatoms. The van der Waals surface area contributed by atoms with Gasteiger partial charge in [0.15, 0.2) is 0 Å². The lowest BCUT2D eigenvalue weighted by Gasteiger charge is -2.41. The van der Waals surface area contributed by atoms with Gasteiger partial charge in [-0.3, -0.25) is 4.90 Å². The number of hydrogen-bond donors (Lipinski definition) is 1. The zero-order chi connectivity index (χ0) is 10.7. The molecule has 0 radical (unpaired) electrons. The highest BCUT2D eigenvalue weighted by atomic mass is 15.2. The first kappa shape index (κ1) is 11.4. The summed E-state index contributed by atoms with van der Waals surface area (Å²) in [6, 6.07) is 1.54. The van der Waals surface area contributed by atoms with Gasteiger partial charge >= 0.3 is 0 Å². The van der Waals surface area contributed by atoms with Gasteiger partial charge in [-0.25, -0.2) is 0 Å². The molecule has 3 nitrogen and oxygen atoms in total. The molecule has 15 heavy (non-hydrogen) atoms. The molecular formula is C12H25N3. The van der Waals surface area contributed by atoms with Crippen molar-refractivity contribution in [2.75, 3.05) is 39.3 Å². The van der Waals surface area contributed by atoms with E-state index in [2.05, 4.69) is 29.0 Å². The van der Waals surface area contributed by atoms with Crippen LogP contribution in [0.25, 0.3) is 0 Å². The molecule has 2 saturated heterocycles. The molecule has 1 N–H and O–H groups in total. The van der Waals surface area contributed by atoms with Crippen molar-refractivity contribution < 1.29 is 0 Å². The zero-order valence-corrected chi connectivity index (χ0v) is 10.2. The van der Waals surface area contributed by atoms with Gasteiger partial charge < -0.3 is 10.2 Å². The summed E-state index contributed by atoms with van der Waals surface area (Å²) in [6.07, 6.45) is 2.75. The van der Waals surface area contributed by atoms with Gasteiger partial charge in [0.05, 0.1) is 0 Å². The van der Waals surface area contributed by atoms with Gasteiger partial charge in [0.2, 0.25) is 0 Å². The molecule has 1 unspecified atom stereocenters. The summed E-state index contributed by atoms with van der Waals surface area (Å²) in [5.74, 6) is 0. The molecule has 0 bridgehead atoms. The number of nitrogens with one attached hydrogen (secondary N) is 1. The molecule has 0 aliphatic carbocycles. The Bertz CT molecular complexity index is 187. The Kier molecular flexibility index (Phi) is 4.00. The van der Waals surface area contributed by atoms with Crippen LogP contribution in [0.5, 0.6) is 0 Å². The van der Waals surface area contributed by atoms with E-state index in [1.54, 1.807) is 0 Å². The molecule has 0 aromatic heterocycles. The fourth-order valence-electron chi connectivity index (χ4n) is 2.89. The first-order chi connectivity index (χ1) is 7.29. The summed E-state index contributed by atoms with van der Waals surface area (Å²) in [7, 11) is 0. The van der Waals surface area contributed by atoms with Gasteiger partial charge in [0, 0.05) is 31.7 Å². The highest BCUT2D eigenvalue weighted by molar-refractivity contribution is 4.84. The third-order valence-electron chi connectivity index (χ3n) is 3.92. The first-order valence-corrected chi connectivity index (χ1v) is 6.49. The highest BCUT2D eigenvalue weighted by Gasteiger charge is 2.26. The molecule has 2 fully saturated rings. The predicted molar refractivity (Wildman–Crippen MR) is 64.2 cm³/mol. The summed E-state index contributed by atoms with van der Waals surface area (Å²) in [5.41, 5.74) is 0. The van der Waals surface area contributed by atoms with Crippen molar-refractivity contribution in [3.05, 3.63) is 0 Å². The second-order valence-electron chi connectivity index (χ2n) is 5.02. The van der Waals surface area contributed by atoms with E-state index in [0.717, 1.165) is 6.04 Å². The van der Waals surface area contributed by atoms with Crippen LogP contribution in [0.1, 0.15) is 26.7 Å². The van der Waals surface area contributed by atoms with Crippen molar-refractivity contribution in [1.82, 2.24) is 15.1 Å². The first-order valence-electron chi connectivity index (χ1n) is 6.49. The van der Waals surface area contributed by atoms with Crippen molar-refractivity contribution >= 4 is 0 Å². The van der Waals surface area contributed by atoms with Crippen LogP contribution in [0.3, 0.4) is 0 Å². The van der Waals surface area contributed by atoms with E-state index >= 15 is 0 Å². The third kappa shape index (κ3) is 2.92. The summed E-state index contributed by atoms with van der Waals surface area (Å²) in [6.45, 7) is 12.1. The highest BCUT2D eigenvalue weighted by Crippen LogP contribution is 2.17. The Morgan fingerprint density at radius 1 is 1.20 bits per heavy atom. The monoisotopic (exact) mass is 211 g/mol. The Morgan fingerprint density at radius 3 is 2.53 bits per heavy atom. The Morgan fingerprint density at radius 2 is 1.93 bits per heavy atom. The van der Waals surface area contributed by atoms with Gasteiger partial charge in [-0.1, -0.05) is 6.92 Å². The van der Waals surface area contributed by atoms with Crippen molar-refractivity contribution in [2.45, 2.75) is 38.8 Å². The fraction of sp³-hybridized carbons (Fsp3) is 1.00. The van der Waals surface area contributed by atoms with Crippen molar-refractivity contribution in [2.24, 2.45) is 0 Å². The van der Waals surface area contributed by atoms with Crippen molar-refractivity contribution in [1.29, 1.82) is 0 Å². The lowest BCUT2D eigenvalue weighted by atomic mass is 10.0. The van der Waals surface area contributed by atoms with E-state index in [1.165, 1.54) is 52.1 Å². The summed E-state index contributed by atoms with van der Waals surface area (Å²) in [5, 5.41) is 3.52. The van der Waals surface area contributed by atoms with Gasteiger partial charge in [0.25, 0.3) is 0 Å². The topological polar surface area (TPSA) is 18.5 Å². The van der Waals surface area contributed by atoms with Gasteiger partial charge in [0.1, 0.15) is 0 Å². The summed E-state index contributed by atoms with van der Waals surface area (Å²) in [4.78, 5) is 5.27. The van der Waals surface area contributed by atoms with Gasteiger partial charge in [-0.2, -0.15) is 0 Å². The van der Waals surface area contributed by atoms with Crippen LogP contribution in [0.15, 0.2) is 0 Å². The van der Waals surface area contributed by atoms with Crippen LogP contribution in [0.2, 0.25) is 0 Å². The summed E-state index contributed by atoms with van der Waals surface area (Å²) < 4.78 is 0. The predicted octanol–water partition coefficient (Wildman–Crippen LogP) is 0.764. The van der Waals surface area contributed by atoms with Crippen molar-refractivity contribution in [3.63, 3.8) is 0 Å². The molecule has 88 valence electrons. The van der Waals surface area contributed by atoms with Gasteiger partial charge in [-0.05, 0) is 39.4 Å². The SMILES string of the molecule is CCN1CCC(N2CCNC(C)C2)CC1. The maximum absolute atomic E-state index is 3.52. The maximum Gasteiger partial charge on any atom is 0.0167 e. The number of nitrogens with zero attached hydrogens (tertiary/aromatic N) is 2.